The van der Waals surface area contributed by atoms with E-state index >= 15 is 0 Å². The van der Waals surface area contributed by atoms with Crippen LogP contribution in [0.25, 0.3) is 0 Å². The molecule has 2 N–H and O–H groups in total. The van der Waals surface area contributed by atoms with Crippen molar-refractivity contribution in [1.82, 2.24) is 5.32 Å². The molecule has 2 rings (SSSR count). The molecule has 3 nitrogen and oxygen atoms in total. The fourth-order valence-corrected chi connectivity index (χ4v) is 1.99. The van der Waals surface area contributed by atoms with Gasteiger partial charge in [-0.3, -0.25) is 0 Å². The first-order valence-corrected chi connectivity index (χ1v) is 7.37. The van der Waals surface area contributed by atoms with E-state index in [-0.39, 0.29) is 6.61 Å². The highest BCUT2D eigenvalue weighted by Gasteiger charge is 2.00. The summed E-state index contributed by atoms with van der Waals surface area (Å²) in [6, 6.07) is 16.4. The third-order valence-electron chi connectivity index (χ3n) is 3.20. The van der Waals surface area contributed by atoms with E-state index in [0.29, 0.717) is 12.5 Å². The lowest BCUT2D eigenvalue weighted by molar-refractivity contribution is 0.299. The Labute approximate surface area is 126 Å². The summed E-state index contributed by atoms with van der Waals surface area (Å²) in [5.41, 5.74) is 2.36. The number of aliphatic hydroxyl groups is 1. The second-order valence-corrected chi connectivity index (χ2v) is 5.40. The number of aliphatic hydroxyl groups excluding tert-OH is 1. The number of hydrogen-bond acceptors (Lipinski definition) is 3. The molecule has 0 fully saturated rings. The molecular weight excluding hydrogens is 262 g/mol. The summed E-state index contributed by atoms with van der Waals surface area (Å²) in [5.74, 6) is 1.64. The van der Waals surface area contributed by atoms with Crippen molar-refractivity contribution in [2.24, 2.45) is 0 Å². The van der Waals surface area contributed by atoms with E-state index in [2.05, 4.69) is 31.3 Å². The van der Waals surface area contributed by atoms with E-state index in [1.54, 1.807) is 0 Å². The Balaban J connectivity index is 1.93. The molecule has 0 aliphatic carbocycles. The van der Waals surface area contributed by atoms with Gasteiger partial charge < -0.3 is 15.2 Å². The predicted octanol–water partition coefficient (Wildman–Crippen LogP) is 3.51. The van der Waals surface area contributed by atoms with Gasteiger partial charge in [-0.2, -0.15) is 0 Å². The highest BCUT2D eigenvalue weighted by Crippen LogP contribution is 2.22. The molecule has 0 bridgehead atoms. The molecule has 0 aliphatic heterocycles. The van der Waals surface area contributed by atoms with E-state index in [4.69, 9.17) is 9.84 Å². The molecule has 0 saturated carbocycles. The van der Waals surface area contributed by atoms with Crippen LogP contribution in [0, 0.1) is 0 Å². The van der Waals surface area contributed by atoms with Gasteiger partial charge in [-0.25, -0.2) is 0 Å². The zero-order valence-corrected chi connectivity index (χ0v) is 12.7. The van der Waals surface area contributed by atoms with Crippen LogP contribution in [0.3, 0.4) is 0 Å². The van der Waals surface area contributed by atoms with E-state index in [1.165, 1.54) is 5.56 Å². The first kappa shape index (κ1) is 15.5. The second-order valence-electron chi connectivity index (χ2n) is 5.40. The highest BCUT2D eigenvalue weighted by molar-refractivity contribution is 5.34. The highest BCUT2D eigenvalue weighted by atomic mass is 16.5. The van der Waals surface area contributed by atoms with Gasteiger partial charge in [0.15, 0.2) is 0 Å². The maximum absolute atomic E-state index is 8.89. The molecule has 0 aliphatic rings. The molecule has 0 aromatic heterocycles. The van der Waals surface area contributed by atoms with Crippen molar-refractivity contribution in [2.75, 3.05) is 6.61 Å². The SMILES string of the molecule is CC(C)NCc1ccc(Oc2ccc(CCO)cc2)cc1. The Hall–Kier alpha value is -1.84. The van der Waals surface area contributed by atoms with Gasteiger partial charge in [-0.15, -0.1) is 0 Å². The van der Waals surface area contributed by atoms with Gasteiger partial charge in [-0.1, -0.05) is 38.1 Å². The standard InChI is InChI=1S/C18H23NO2/c1-14(2)19-13-16-5-9-18(10-6-16)21-17-7-3-15(4-8-17)11-12-20/h3-10,14,19-20H,11-13H2,1-2H3. The van der Waals surface area contributed by atoms with Crippen molar-refractivity contribution in [3.8, 4) is 11.5 Å². The van der Waals surface area contributed by atoms with Crippen LogP contribution in [0.1, 0.15) is 25.0 Å². The number of rotatable bonds is 7. The maximum Gasteiger partial charge on any atom is 0.127 e. The van der Waals surface area contributed by atoms with Crippen LogP contribution in [0.4, 0.5) is 0 Å². The summed E-state index contributed by atoms with van der Waals surface area (Å²) in [6.07, 6.45) is 0.678. The zero-order valence-electron chi connectivity index (χ0n) is 12.7. The average molecular weight is 285 g/mol. The molecule has 0 atom stereocenters. The van der Waals surface area contributed by atoms with Gasteiger partial charge in [0.25, 0.3) is 0 Å². The molecule has 2 aromatic carbocycles. The van der Waals surface area contributed by atoms with Crippen molar-refractivity contribution in [3.63, 3.8) is 0 Å². The van der Waals surface area contributed by atoms with E-state index in [0.717, 1.165) is 23.6 Å². The van der Waals surface area contributed by atoms with Crippen molar-refractivity contribution in [1.29, 1.82) is 0 Å². The monoisotopic (exact) mass is 285 g/mol. The van der Waals surface area contributed by atoms with Gasteiger partial charge in [0, 0.05) is 19.2 Å². The Morgan fingerprint density at radius 2 is 1.43 bits per heavy atom. The quantitative estimate of drug-likeness (QED) is 0.818. The van der Waals surface area contributed by atoms with Crippen molar-refractivity contribution in [2.45, 2.75) is 32.9 Å². The summed E-state index contributed by atoms with van der Waals surface area (Å²) in [5, 5.41) is 12.3. The van der Waals surface area contributed by atoms with Crippen molar-refractivity contribution >= 4 is 0 Å². The number of benzene rings is 2. The van der Waals surface area contributed by atoms with Gasteiger partial charge in [0.05, 0.1) is 0 Å². The van der Waals surface area contributed by atoms with E-state index in [9.17, 15) is 0 Å². The van der Waals surface area contributed by atoms with Crippen LogP contribution < -0.4 is 10.1 Å². The van der Waals surface area contributed by atoms with Crippen LogP contribution in [-0.2, 0) is 13.0 Å². The van der Waals surface area contributed by atoms with Gasteiger partial charge in [0.2, 0.25) is 0 Å². The minimum Gasteiger partial charge on any atom is -0.457 e. The second kappa shape index (κ2) is 7.81. The molecule has 2 aromatic rings. The Morgan fingerprint density at radius 3 is 1.90 bits per heavy atom. The van der Waals surface area contributed by atoms with Gasteiger partial charge >= 0.3 is 0 Å². The molecule has 112 valence electrons. The third-order valence-corrected chi connectivity index (χ3v) is 3.20. The van der Waals surface area contributed by atoms with Crippen LogP contribution in [0.2, 0.25) is 0 Å². The van der Waals surface area contributed by atoms with Crippen LogP contribution in [-0.4, -0.2) is 17.8 Å². The summed E-state index contributed by atoms with van der Waals surface area (Å²) in [7, 11) is 0. The largest absolute Gasteiger partial charge is 0.457 e. The predicted molar refractivity (Wildman–Crippen MR) is 85.7 cm³/mol. The molecule has 0 unspecified atom stereocenters. The molecule has 0 saturated heterocycles. The average Bonchev–Trinajstić information content (AvgIpc) is 2.49. The summed E-state index contributed by atoms with van der Waals surface area (Å²) >= 11 is 0. The van der Waals surface area contributed by atoms with Crippen molar-refractivity contribution < 1.29 is 9.84 Å². The minimum atomic E-state index is 0.173. The fraction of sp³-hybridized carbons (Fsp3) is 0.333. The van der Waals surface area contributed by atoms with Crippen LogP contribution >= 0.6 is 0 Å². The summed E-state index contributed by atoms with van der Waals surface area (Å²) in [6.45, 7) is 5.32. The Kier molecular flexibility index (Phi) is 5.78. The topological polar surface area (TPSA) is 41.5 Å². The first-order valence-electron chi connectivity index (χ1n) is 7.37. The van der Waals surface area contributed by atoms with E-state index < -0.39 is 0 Å². The normalized spacial score (nSPS) is 10.9. The third kappa shape index (κ3) is 5.21. The number of ether oxygens (including phenoxy) is 1. The van der Waals surface area contributed by atoms with Crippen molar-refractivity contribution in [3.05, 3.63) is 59.7 Å². The molecular formula is C18H23NO2. The molecule has 0 spiro atoms. The van der Waals surface area contributed by atoms with Crippen LogP contribution in [0.5, 0.6) is 11.5 Å². The lowest BCUT2D eigenvalue weighted by Crippen LogP contribution is -2.21. The minimum absolute atomic E-state index is 0.173. The molecule has 0 amide bonds. The lowest BCUT2D eigenvalue weighted by atomic mass is 10.1. The maximum atomic E-state index is 8.89. The van der Waals surface area contributed by atoms with Gasteiger partial charge in [0.1, 0.15) is 11.5 Å². The number of nitrogens with one attached hydrogen (secondary N) is 1. The first-order chi connectivity index (χ1) is 10.2. The van der Waals surface area contributed by atoms with Crippen LogP contribution in [0.15, 0.2) is 48.5 Å². The molecule has 0 radical (unpaired) electrons. The zero-order chi connectivity index (χ0) is 15.1. The summed E-state index contributed by atoms with van der Waals surface area (Å²) < 4.78 is 5.81. The van der Waals surface area contributed by atoms with Gasteiger partial charge in [-0.05, 0) is 41.8 Å². The fourth-order valence-electron chi connectivity index (χ4n) is 1.99. The lowest BCUT2D eigenvalue weighted by Gasteiger charge is -2.10. The van der Waals surface area contributed by atoms with E-state index in [1.807, 2.05) is 36.4 Å². The Morgan fingerprint density at radius 1 is 0.905 bits per heavy atom. The molecule has 21 heavy (non-hydrogen) atoms. The molecule has 0 heterocycles. The Bertz CT molecular complexity index is 532. The smallest absolute Gasteiger partial charge is 0.127 e. The molecule has 3 heteroatoms. The summed E-state index contributed by atoms with van der Waals surface area (Å²) in [4.78, 5) is 0. The number of hydrogen-bond donors (Lipinski definition) is 2.